The number of ether oxygens (including phenoxy) is 1. The lowest BCUT2D eigenvalue weighted by atomic mass is 9.79. The van der Waals surface area contributed by atoms with Gasteiger partial charge in [-0.05, 0) is 69.1 Å². The lowest BCUT2D eigenvalue weighted by Gasteiger charge is -2.49. The molecule has 0 saturated carbocycles. The van der Waals surface area contributed by atoms with Gasteiger partial charge in [-0.2, -0.15) is 0 Å². The molecule has 0 aliphatic carbocycles. The Balaban J connectivity index is 1.19. The van der Waals surface area contributed by atoms with Gasteiger partial charge in [0.15, 0.2) is 11.0 Å². The highest BCUT2D eigenvalue weighted by Gasteiger charge is 2.40. The molecule has 4 fully saturated rings. The van der Waals surface area contributed by atoms with Crippen LogP contribution in [0.4, 0.5) is 5.88 Å². The van der Waals surface area contributed by atoms with Crippen LogP contribution in [0.5, 0.6) is 0 Å². The van der Waals surface area contributed by atoms with Crippen LogP contribution >= 0.6 is 11.8 Å². The molecule has 4 saturated heterocycles. The fourth-order valence-corrected chi connectivity index (χ4v) is 5.66. The number of morpholine rings is 1. The molecule has 2 aromatic rings. The molecule has 2 bridgehead atoms. The largest absolute Gasteiger partial charge is 0.434 e. The van der Waals surface area contributed by atoms with Gasteiger partial charge in [-0.25, -0.2) is 0 Å². The van der Waals surface area contributed by atoms with E-state index in [-0.39, 0.29) is 11.9 Å². The summed E-state index contributed by atoms with van der Waals surface area (Å²) in [6.45, 7) is 7.79. The summed E-state index contributed by atoms with van der Waals surface area (Å²) in [6.07, 6.45) is 2.39. The molecular formula is C23H29N3O3S. The SMILES string of the molecule is C[C@H]1[C@H](NC(=O)c2ccc(Sc3ccc(N4CCOCC4)o3)cc2)C2CCN1CC2. The molecule has 1 amide bonds. The monoisotopic (exact) mass is 427 g/mol. The Morgan fingerprint density at radius 1 is 1.03 bits per heavy atom. The van der Waals surface area contributed by atoms with Crippen molar-refractivity contribution in [3.05, 3.63) is 42.0 Å². The molecule has 5 heterocycles. The van der Waals surface area contributed by atoms with Crippen molar-refractivity contribution in [2.75, 3.05) is 44.3 Å². The van der Waals surface area contributed by atoms with Gasteiger partial charge >= 0.3 is 0 Å². The standard InChI is InChI=1S/C23H29N3O3S/c1-16-22(17-8-10-25(16)11-9-17)24-23(27)18-2-4-19(5-3-18)30-21-7-6-20(29-21)26-12-14-28-15-13-26/h2-7,16-17,22H,8-15H2,1H3,(H,24,27)/t16-,22-/m0/s1. The second-order valence-corrected chi connectivity index (χ2v) is 9.51. The number of hydrogen-bond acceptors (Lipinski definition) is 6. The minimum atomic E-state index is 0.0322. The summed E-state index contributed by atoms with van der Waals surface area (Å²) in [5, 5.41) is 4.16. The van der Waals surface area contributed by atoms with E-state index in [4.69, 9.17) is 9.15 Å². The molecule has 2 atom stereocenters. The van der Waals surface area contributed by atoms with E-state index in [0.29, 0.717) is 12.0 Å². The highest BCUT2D eigenvalue weighted by atomic mass is 32.2. The zero-order chi connectivity index (χ0) is 20.5. The highest BCUT2D eigenvalue weighted by molar-refractivity contribution is 7.99. The molecule has 160 valence electrons. The molecule has 1 aromatic carbocycles. The molecule has 30 heavy (non-hydrogen) atoms. The number of hydrogen-bond donors (Lipinski definition) is 1. The molecule has 0 unspecified atom stereocenters. The summed E-state index contributed by atoms with van der Waals surface area (Å²) in [4.78, 5) is 18.6. The van der Waals surface area contributed by atoms with Crippen LogP contribution in [-0.2, 0) is 4.74 Å². The fraction of sp³-hybridized carbons (Fsp3) is 0.522. The van der Waals surface area contributed by atoms with E-state index in [9.17, 15) is 4.79 Å². The van der Waals surface area contributed by atoms with Gasteiger partial charge in [-0.3, -0.25) is 9.69 Å². The molecule has 7 heteroatoms. The number of fused-ring (bicyclic) bond motifs is 3. The van der Waals surface area contributed by atoms with E-state index in [1.807, 2.05) is 36.4 Å². The van der Waals surface area contributed by atoms with Gasteiger partial charge in [0.05, 0.1) is 13.2 Å². The summed E-state index contributed by atoms with van der Waals surface area (Å²) >= 11 is 1.58. The molecule has 0 radical (unpaired) electrons. The number of amides is 1. The van der Waals surface area contributed by atoms with Crippen LogP contribution in [0.15, 0.2) is 50.8 Å². The normalized spacial score (nSPS) is 28.5. The van der Waals surface area contributed by atoms with Crippen LogP contribution in [0.1, 0.15) is 30.1 Å². The fourth-order valence-electron chi connectivity index (χ4n) is 4.89. The van der Waals surface area contributed by atoms with Gasteiger partial charge in [0.1, 0.15) is 0 Å². The molecule has 6 rings (SSSR count). The minimum absolute atomic E-state index is 0.0322. The first-order valence-corrected chi connectivity index (χ1v) is 11.7. The summed E-state index contributed by atoms with van der Waals surface area (Å²) in [7, 11) is 0. The second kappa shape index (κ2) is 8.65. The first-order valence-electron chi connectivity index (χ1n) is 10.9. The van der Waals surface area contributed by atoms with Crippen molar-refractivity contribution in [1.29, 1.82) is 0 Å². The molecule has 4 aliphatic rings. The zero-order valence-corrected chi connectivity index (χ0v) is 18.2. The Morgan fingerprint density at radius 2 is 1.77 bits per heavy atom. The lowest BCUT2D eigenvalue weighted by molar-refractivity contribution is 0.0217. The highest BCUT2D eigenvalue weighted by Crippen LogP contribution is 2.34. The Bertz CT molecular complexity index is 868. The van der Waals surface area contributed by atoms with Gasteiger partial charge in [-0.1, -0.05) is 11.8 Å². The van der Waals surface area contributed by atoms with Crippen molar-refractivity contribution in [3.63, 3.8) is 0 Å². The number of nitrogens with zero attached hydrogens (tertiary/aromatic N) is 2. The van der Waals surface area contributed by atoms with E-state index in [2.05, 4.69) is 22.0 Å². The number of carbonyl (C=O) groups excluding carboxylic acids is 1. The Labute approximate surface area is 181 Å². The number of rotatable bonds is 5. The maximum Gasteiger partial charge on any atom is 0.251 e. The smallest absolute Gasteiger partial charge is 0.251 e. The third-order valence-corrected chi connectivity index (χ3v) is 7.63. The number of benzene rings is 1. The van der Waals surface area contributed by atoms with Gasteiger partial charge in [0.2, 0.25) is 0 Å². The van der Waals surface area contributed by atoms with E-state index in [1.54, 1.807) is 11.8 Å². The Hall–Kier alpha value is -1.96. The van der Waals surface area contributed by atoms with Crippen LogP contribution < -0.4 is 10.2 Å². The van der Waals surface area contributed by atoms with Crippen molar-refractivity contribution in [2.45, 2.75) is 41.8 Å². The van der Waals surface area contributed by atoms with Crippen LogP contribution in [0.2, 0.25) is 0 Å². The van der Waals surface area contributed by atoms with Gasteiger partial charge < -0.3 is 19.4 Å². The van der Waals surface area contributed by atoms with Crippen LogP contribution in [0.25, 0.3) is 0 Å². The first kappa shape index (κ1) is 20.0. The maximum absolute atomic E-state index is 12.8. The van der Waals surface area contributed by atoms with Gasteiger partial charge in [-0.15, -0.1) is 0 Å². The molecule has 0 spiro atoms. The van der Waals surface area contributed by atoms with E-state index >= 15 is 0 Å². The van der Waals surface area contributed by atoms with Crippen molar-refractivity contribution in [2.24, 2.45) is 5.92 Å². The van der Waals surface area contributed by atoms with Gasteiger partial charge in [0, 0.05) is 41.7 Å². The molecule has 1 aromatic heterocycles. The number of carbonyl (C=O) groups is 1. The quantitative estimate of drug-likeness (QED) is 0.789. The first-order chi connectivity index (χ1) is 14.7. The number of nitrogens with one attached hydrogen (secondary N) is 1. The lowest BCUT2D eigenvalue weighted by Crippen LogP contribution is -2.62. The van der Waals surface area contributed by atoms with E-state index in [0.717, 1.165) is 47.7 Å². The Kier molecular flexibility index (Phi) is 5.76. The van der Waals surface area contributed by atoms with E-state index < -0.39 is 0 Å². The molecular weight excluding hydrogens is 398 g/mol. The predicted molar refractivity (Wildman–Crippen MR) is 117 cm³/mol. The predicted octanol–water partition coefficient (Wildman–Crippen LogP) is 3.48. The van der Waals surface area contributed by atoms with Crippen molar-refractivity contribution in [3.8, 4) is 0 Å². The van der Waals surface area contributed by atoms with Crippen LogP contribution in [0, 0.1) is 5.92 Å². The number of anilines is 1. The zero-order valence-electron chi connectivity index (χ0n) is 17.4. The van der Waals surface area contributed by atoms with Crippen molar-refractivity contribution in [1.82, 2.24) is 10.2 Å². The average Bonchev–Trinajstić information content (AvgIpc) is 3.26. The van der Waals surface area contributed by atoms with Crippen molar-refractivity contribution < 1.29 is 13.9 Å². The summed E-state index contributed by atoms with van der Waals surface area (Å²) in [5.74, 6) is 1.54. The maximum atomic E-state index is 12.8. The second-order valence-electron chi connectivity index (χ2n) is 8.43. The van der Waals surface area contributed by atoms with E-state index in [1.165, 1.54) is 25.9 Å². The molecule has 1 N–H and O–H groups in total. The van der Waals surface area contributed by atoms with Crippen LogP contribution in [-0.4, -0.2) is 62.3 Å². The third kappa shape index (κ3) is 4.11. The van der Waals surface area contributed by atoms with Gasteiger partial charge in [0.25, 0.3) is 5.91 Å². The van der Waals surface area contributed by atoms with Crippen molar-refractivity contribution >= 4 is 23.6 Å². The number of furan rings is 1. The summed E-state index contributed by atoms with van der Waals surface area (Å²) in [6, 6.07) is 12.5. The average molecular weight is 428 g/mol. The molecule has 6 nitrogen and oxygen atoms in total. The molecule has 4 aliphatic heterocycles. The Morgan fingerprint density at radius 3 is 2.47 bits per heavy atom. The number of piperidine rings is 3. The van der Waals surface area contributed by atoms with Crippen LogP contribution in [0.3, 0.4) is 0 Å². The summed E-state index contributed by atoms with van der Waals surface area (Å²) < 4.78 is 11.4. The topological polar surface area (TPSA) is 58.0 Å². The minimum Gasteiger partial charge on any atom is -0.434 e. The third-order valence-electron chi connectivity index (χ3n) is 6.70. The summed E-state index contributed by atoms with van der Waals surface area (Å²) in [5.41, 5.74) is 0.719.